The van der Waals surface area contributed by atoms with Gasteiger partial charge >= 0.3 is 0 Å². The van der Waals surface area contributed by atoms with Crippen LogP contribution in [0.2, 0.25) is 0 Å². The Hall–Kier alpha value is -4.51. The molecule has 0 aromatic rings. The van der Waals surface area contributed by atoms with Gasteiger partial charge in [-0.3, -0.25) is 33.6 Å². The highest BCUT2D eigenvalue weighted by Gasteiger charge is 2.74. The fraction of sp³-hybridized carbons (Fsp3) is 0.892. The van der Waals surface area contributed by atoms with E-state index in [0.717, 1.165) is 201 Å². The number of ether oxygens (including phenoxy) is 7. The summed E-state index contributed by atoms with van der Waals surface area (Å²) in [7, 11) is 0. The minimum atomic E-state index is -0.221. The van der Waals surface area contributed by atoms with Crippen molar-refractivity contribution in [1.29, 1.82) is 0 Å². The maximum Gasteiger partial charge on any atom is 0.246 e. The highest BCUT2D eigenvalue weighted by Crippen LogP contribution is 2.73. The number of amides is 7. The lowest BCUT2D eigenvalue weighted by molar-refractivity contribution is -0.146. The zero-order valence-corrected chi connectivity index (χ0v) is 81.4. The van der Waals surface area contributed by atoms with Gasteiger partial charge in [-0.1, -0.05) is 115 Å². The largest absolute Gasteiger partial charge is 0.381 e. The van der Waals surface area contributed by atoms with Crippen LogP contribution in [0.25, 0.3) is 0 Å². The molecule has 704 valence electrons. The molecule has 21 nitrogen and oxygen atoms in total. The molecular formula is C102H177N7O14. The van der Waals surface area contributed by atoms with Crippen LogP contribution in [0.15, 0.2) is 23.8 Å². The average Bonchev–Trinajstić information content (AvgIpc) is 1.50. The SMILES string of the molecule is CCC(=O)N(C(C)C)C1CCOCC1.CCCN(C(=O)C(C)(C)C1CCOCC1)C1CC1.CCCN(C(=O)C=C1CC(C)OC(C)C1)C1CC1.CCCN(C(=O)CC1(CC)CC(C)OC(C)C1)C1CC1.CCCN(C(=O)CC12COCC1C2(C)C)C1CC1.CCCN(C(=O)CC1CC2C=CC1O2)C1CC1.CCCN(C(=O)CC1COCC1C(C)C)C1CC1. The summed E-state index contributed by atoms with van der Waals surface area (Å²) in [5, 5.41) is 0. The summed E-state index contributed by atoms with van der Waals surface area (Å²) in [6.45, 7) is 55.1. The van der Waals surface area contributed by atoms with Crippen LogP contribution >= 0.6 is 0 Å². The molecule has 15 rings (SSSR count). The first-order valence-electron chi connectivity index (χ1n) is 50.5. The number of hydrogen-bond donors (Lipinski definition) is 0. The van der Waals surface area contributed by atoms with E-state index in [0.29, 0.717) is 151 Å². The summed E-state index contributed by atoms with van der Waals surface area (Å²) in [5.74, 6) is 5.48. The number of nitrogens with zero attached hydrogens (tertiary/aromatic N) is 7. The number of carbonyl (C=O) groups is 7. The van der Waals surface area contributed by atoms with Crippen LogP contribution in [0, 0.1) is 57.2 Å². The third-order valence-corrected chi connectivity index (χ3v) is 29.8. The smallest absolute Gasteiger partial charge is 0.246 e. The van der Waals surface area contributed by atoms with Gasteiger partial charge in [0.2, 0.25) is 41.4 Å². The van der Waals surface area contributed by atoms with Gasteiger partial charge in [0.15, 0.2) is 0 Å². The molecule has 11 unspecified atom stereocenters. The summed E-state index contributed by atoms with van der Waals surface area (Å²) >= 11 is 0. The minimum absolute atomic E-state index is 0.158. The second kappa shape index (κ2) is 48.4. The Labute approximate surface area is 746 Å². The quantitative estimate of drug-likeness (QED) is 0.0434. The van der Waals surface area contributed by atoms with E-state index in [4.69, 9.17) is 33.2 Å². The van der Waals surface area contributed by atoms with Crippen LogP contribution in [0.5, 0.6) is 0 Å². The van der Waals surface area contributed by atoms with Gasteiger partial charge in [0, 0.05) is 169 Å². The van der Waals surface area contributed by atoms with E-state index in [1.165, 1.54) is 82.6 Å². The van der Waals surface area contributed by atoms with Gasteiger partial charge in [0.05, 0.1) is 63.1 Å². The first-order valence-corrected chi connectivity index (χ1v) is 50.5. The van der Waals surface area contributed by atoms with Gasteiger partial charge in [0.25, 0.3) is 0 Å². The molecule has 7 saturated carbocycles. The summed E-state index contributed by atoms with van der Waals surface area (Å²) in [6.07, 6.45) is 42.0. The zero-order chi connectivity index (χ0) is 89.5. The molecule has 7 saturated heterocycles. The van der Waals surface area contributed by atoms with E-state index in [1.807, 2.05) is 17.9 Å². The molecule has 15 aliphatic rings. The summed E-state index contributed by atoms with van der Waals surface area (Å²) in [4.78, 5) is 102. The van der Waals surface area contributed by atoms with Gasteiger partial charge < -0.3 is 67.5 Å². The summed E-state index contributed by atoms with van der Waals surface area (Å²) in [6, 6.07) is 3.97. The average molecular weight is 1730 g/mol. The molecule has 7 amide bonds. The molecule has 2 bridgehead atoms. The second-order valence-corrected chi connectivity index (χ2v) is 41.9. The molecule has 8 heterocycles. The van der Waals surface area contributed by atoms with Crippen molar-refractivity contribution >= 4 is 41.4 Å². The van der Waals surface area contributed by atoms with Crippen molar-refractivity contribution in [2.75, 3.05) is 92.1 Å². The molecule has 7 aliphatic carbocycles. The standard InChI is InChI=1S/C17H31NO2.C15H25NO2.C15H27NO2.C15H25NO2.C15H27NO2.C14H21NO2.C11H21NO2/c1-5-9-18(15-7-8-15)16(19)12-17(6-2)10-13(3)20-14(4)11-17;1-4-7-16(11-5-6-11)13(17)8-15-10-18-9-12(15)14(15,2)3;1-4-9-16(13-5-6-13)14(17)15(2,3)12-7-10-18-11-8-12;1-4-7-16(14-5-6-14)15(17)10-13-8-11(2)18-12(3)9-13;1-4-7-16(13-5-6-13)15(17)8-12-9-18-10-14(12)11(2)3;1-2-7-15(11-3-4-11)14(16)9-10-8-12-5-6-13(10)17-12;1-4-11(13)12(9(2)3)10-5-7-14-8-6-10/h13-15H,5-12H2,1-4H3;11-12H,4-10H2,1-3H3;12-13H,4-11H2,1-3H3;10-12,14H,4-9H2,1-3H3;11-14H,4-10H2,1-3H3;5-6,10-13H,2-4,7-9H2,1H3;9-10H,4-8H2,1-3H3. The van der Waals surface area contributed by atoms with Crippen LogP contribution < -0.4 is 0 Å². The Morgan fingerprint density at radius 1 is 0.463 bits per heavy atom. The van der Waals surface area contributed by atoms with E-state index >= 15 is 0 Å². The van der Waals surface area contributed by atoms with Gasteiger partial charge in [-0.25, -0.2) is 0 Å². The van der Waals surface area contributed by atoms with Crippen LogP contribution in [-0.2, 0) is 66.7 Å². The van der Waals surface area contributed by atoms with Crippen molar-refractivity contribution < 1.29 is 66.7 Å². The van der Waals surface area contributed by atoms with Crippen LogP contribution in [0.3, 0.4) is 0 Å². The van der Waals surface area contributed by atoms with E-state index < -0.39 is 0 Å². The number of rotatable bonds is 34. The number of fused-ring (bicyclic) bond motifs is 3. The molecule has 11 atom stereocenters. The monoisotopic (exact) mass is 1720 g/mol. The van der Waals surface area contributed by atoms with Gasteiger partial charge in [-0.15, -0.1) is 0 Å². The third-order valence-electron chi connectivity index (χ3n) is 29.8. The first kappa shape index (κ1) is 102. The lowest BCUT2D eigenvalue weighted by Crippen LogP contribution is -2.47. The maximum absolute atomic E-state index is 12.8. The predicted molar refractivity (Wildman–Crippen MR) is 490 cm³/mol. The highest BCUT2D eigenvalue weighted by molar-refractivity contribution is 5.89. The normalized spacial score (nSPS) is 29.1. The van der Waals surface area contributed by atoms with Crippen LogP contribution in [0.1, 0.15) is 350 Å². The molecule has 0 aromatic heterocycles. The van der Waals surface area contributed by atoms with Crippen LogP contribution in [-0.4, -0.2) is 253 Å². The molecule has 0 N–H and O–H groups in total. The third kappa shape index (κ3) is 29.8. The van der Waals surface area contributed by atoms with Crippen molar-refractivity contribution in [3.8, 4) is 0 Å². The molecule has 0 spiro atoms. The van der Waals surface area contributed by atoms with Crippen LogP contribution in [0.4, 0.5) is 0 Å². The Balaban J connectivity index is 0.000000163. The Bertz CT molecular complexity index is 3300. The van der Waals surface area contributed by atoms with E-state index in [2.05, 4.69) is 173 Å². The molecular weight excluding hydrogens is 1550 g/mol. The molecule has 8 aliphatic heterocycles. The fourth-order valence-corrected chi connectivity index (χ4v) is 21.9. The minimum Gasteiger partial charge on any atom is -0.381 e. The lowest BCUT2D eigenvalue weighted by Gasteiger charge is -2.43. The van der Waals surface area contributed by atoms with Crippen molar-refractivity contribution in [3.63, 3.8) is 0 Å². The number of carbonyl (C=O) groups excluding carboxylic acids is 7. The number of hydrogen-bond acceptors (Lipinski definition) is 14. The molecule has 21 heteroatoms. The van der Waals surface area contributed by atoms with Gasteiger partial charge in [-0.05, 0) is 262 Å². The predicted octanol–water partition coefficient (Wildman–Crippen LogP) is 18.6. The van der Waals surface area contributed by atoms with Gasteiger partial charge in [0.1, 0.15) is 0 Å². The lowest BCUT2D eigenvalue weighted by atomic mass is 9.71. The summed E-state index contributed by atoms with van der Waals surface area (Å²) < 4.78 is 39.2. The second-order valence-electron chi connectivity index (χ2n) is 41.9. The summed E-state index contributed by atoms with van der Waals surface area (Å²) in [5.41, 5.74) is 1.66. The van der Waals surface area contributed by atoms with Crippen molar-refractivity contribution in [2.45, 2.75) is 435 Å². The first-order chi connectivity index (χ1) is 58.8. The molecule has 123 heavy (non-hydrogen) atoms. The Kier molecular flexibility index (Phi) is 40.2. The molecule has 0 aromatic carbocycles. The van der Waals surface area contributed by atoms with Gasteiger partial charge in [-0.2, -0.15) is 0 Å². The van der Waals surface area contributed by atoms with E-state index in [1.54, 1.807) is 0 Å². The maximum atomic E-state index is 12.8. The van der Waals surface area contributed by atoms with Crippen molar-refractivity contribution in [1.82, 2.24) is 34.3 Å². The topological polar surface area (TPSA) is 207 Å². The molecule has 0 radical (unpaired) electrons. The Morgan fingerprint density at radius 2 is 0.894 bits per heavy atom. The highest BCUT2D eigenvalue weighted by atomic mass is 16.5. The molecule has 14 fully saturated rings. The van der Waals surface area contributed by atoms with Crippen molar-refractivity contribution in [3.05, 3.63) is 23.8 Å². The fourth-order valence-electron chi connectivity index (χ4n) is 21.9. The van der Waals surface area contributed by atoms with E-state index in [-0.39, 0.29) is 58.6 Å². The zero-order valence-electron chi connectivity index (χ0n) is 81.4. The van der Waals surface area contributed by atoms with Crippen molar-refractivity contribution in [2.24, 2.45) is 57.2 Å². The van der Waals surface area contributed by atoms with E-state index in [9.17, 15) is 33.6 Å². The Morgan fingerprint density at radius 3 is 1.31 bits per heavy atom.